The molecule has 0 radical (unpaired) electrons. The average Bonchev–Trinajstić information content (AvgIpc) is 3.15. The van der Waals surface area contributed by atoms with Crippen molar-refractivity contribution in [3.05, 3.63) is 29.8 Å². The summed E-state index contributed by atoms with van der Waals surface area (Å²) in [4.78, 5) is 0.387. The monoisotopic (exact) mass is 310 g/mol. The second-order valence-electron chi connectivity index (χ2n) is 6.08. The zero-order chi connectivity index (χ0) is 15.5. The Kier molecular flexibility index (Phi) is 5.41. The summed E-state index contributed by atoms with van der Waals surface area (Å²) in [6, 6.07) is 7.21. The van der Waals surface area contributed by atoms with Gasteiger partial charge in [0.05, 0.1) is 4.90 Å². The van der Waals surface area contributed by atoms with Crippen LogP contribution < -0.4 is 5.32 Å². The van der Waals surface area contributed by atoms with Crippen LogP contribution in [0, 0.1) is 11.8 Å². The average molecular weight is 310 g/mol. The van der Waals surface area contributed by atoms with E-state index in [-0.39, 0.29) is 0 Å². The zero-order valence-electron chi connectivity index (χ0n) is 13.2. The van der Waals surface area contributed by atoms with E-state index in [1.807, 2.05) is 12.1 Å². The first kappa shape index (κ1) is 16.5. The van der Waals surface area contributed by atoms with Crippen LogP contribution >= 0.6 is 0 Å². The standard InChI is InChI=1S/C16H26N2O2S/c1-4-9-17-11-14-5-7-16(8-6-14)21(19,20)18(3)12-15-10-13(15)2/h5-8,13,15,17H,4,9-12H2,1-3H3. The molecule has 118 valence electrons. The third-order valence-electron chi connectivity index (χ3n) is 4.16. The van der Waals surface area contributed by atoms with E-state index in [0.717, 1.165) is 31.5 Å². The summed E-state index contributed by atoms with van der Waals surface area (Å²) >= 11 is 0. The fraction of sp³-hybridized carbons (Fsp3) is 0.625. The Hall–Kier alpha value is -0.910. The molecule has 0 aliphatic heterocycles. The highest BCUT2D eigenvalue weighted by Gasteiger charge is 2.36. The SMILES string of the molecule is CCCNCc1ccc(S(=O)(=O)N(C)CC2CC2C)cc1. The summed E-state index contributed by atoms with van der Waals surface area (Å²) in [6.45, 7) is 6.68. The Morgan fingerprint density at radius 1 is 1.29 bits per heavy atom. The van der Waals surface area contributed by atoms with E-state index in [2.05, 4.69) is 19.2 Å². The maximum Gasteiger partial charge on any atom is 0.242 e. The first-order chi connectivity index (χ1) is 9.95. The molecular formula is C16H26N2O2S. The molecule has 0 spiro atoms. The molecule has 1 N–H and O–H groups in total. The third-order valence-corrected chi connectivity index (χ3v) is 5.99. The minimum atomic E-state index is -3.35. The molecule has 1 fully saturated rings. The van der Waals surface area contributed by atoms with E-state index >= 15 is 0 Å². The Morgan fingerprint density at radius 3 is 2.43 bits per heavy atom. The molecule has 1 aliphatic rings. The van der Waals surface area contributed by atoms with Crippen molar-refractivity contribution < 1.29 is 8.42 Å². The molecule has 0 heterocycles. The van der Waals surface area contributed by atoms with Crippen molar-refractivity contribution in [1.82, 2.24) is 9.62 Å². The van der Waals surface area contributed by atoms with E-state index in [9.17, 15) is 8.42 Å². The second kappa shape index (κ2) is 6.90. The summed E-state index contributed by atoms with van der Waals surface area (Å²) in [6.07, 6.45) is 2.23. The summed E-state index contributed by atoms with van der Waals surface area (Å²) in [5.74, 6) is 1.19. The Labute approximate surface area is 128 Å². The molecule has 2 rings (SSSR count). The molecule has 5 heteroatoms. The van der Waals surface area contributed by atoms with Crippen molar-refractivity contribution >= 4 is 10.0 Å². The van der Waals surface area contributed by atoms with Gasteiger partial charge in [-0.1, -0.05) is 26.0 Å². The molecule has 1 aliphatic carbocycles. The van der Waals surface area contributed by atoms with Crippen LogP contribution in [0.4, 0.5) is 0 Å². The number of benzene rings is 1. The molecule has 0 saturated heterocycles. The van der Waals surface area contributed by atoms with Crippen LogP contribution in [0.3, 0.4) is 0 Å². The summed E-state index contributed by atoms with van der Waals surface area (Å²) in [5.41, 5.74) is 1.11. The molecule has 0 bridgehead atoms. The molecule has 0 amide bonds. The van der Waals surface area contributed by atoms with Gasteiger partial charge >= 0.3 is 0 Å². The van der Waals surface area contributed by atoms with E-state index in [4.69, 9.17) is 0 Å². The van der Waals surface area contributed by atoms with Crippen molar-refractivity contribution in [1.29, 1.82) is 0 Å². The first-order valence-electron chi connectivity index (χ1n) is 7.71. The van der Waals surface area contributed by atoms with Crippen LogP contribution in [-0.4, -0.2) is 32.9 Å². The van der Waals surface area contributed by atoms with E-state index < -0.39 is 10.0 Å². The van der Waals surface area contributed by atoms with Crippen LogP contribution in [0.25, 0.3) is 0 Å². The van der Waals surface area contributed by atoms with Gasteiger partial charge in [-0.3, -0.25) is 0 Å². The maximum atomic E-state index is 12.5. The van der Waals surface area contributed by atoms with Crippen molar-refractivity contribution in [2.45, 2.75) is 38.1 Å². The quantitative estimate of drug-likeness (QED) is 0.750. The van der Waals surface area contributed by atoms with Gasteiger partial charge in [-0.25, -0.2) is 12.7 Å². The number of hydrogen-bond acceptors (Lipinski definition) is 3. The molecule has 2 unspecified atom stereocenters. The molecule has 1 aromatic rings. The predicted octanol–water partition coefficient (Wildman–Crippen LogP) is 2.46. The zero-order valence-corrected chi connectivity index (χ0v) is 14.0. The summed E-state index contributed by atoms with van der Waals surface area (Å²) in [7, 11) is -1.67. The van der Waals surface area contributed by atoms with Gasteiger partial charge in [-0.05, 0) is 48.9 Å². The number of nitrogens with one attached hydrogen (secondary N) is 1. The number of sulfonamides is 1. The fourth-order valence-corrected chi connectivity index (χ4v) is 3.68. The fourth-order valence-electron chi connectivity index (χ4n) is 2.45. The Morgan fingerprint density at radius 2 is 1.90 bits per heavy atom. The van der Waals surface area contributed by atoms with Gasteiger partial charge in [0.2, 0.25) is 10.0 Å². The summed E-state index contributed by atoms with van der Waals surface area (Å²) < 4.78 is 26.5. The largest absolute Gasteiger partial charge is 0.313 e. The van der Waals surface area contributed by atoms with Crippen LogP contribution in [0.2, 0.25) is 0 Å². The third kappa shape index (κ3) is 4.28. The molecular weight excluding hydrogens is 284 g/mol. The van der Waals surface area contributed by atoms with Crippen LogP contribution in [0.5, 0.6) is 0 Å². The lowest BCUT2D eigenvalue weighted by Crippen LogP contribution is -2.29. The van der Waals surface area contributed by atoms with Crippen molar-refractivity contribution in [2.75, 3.05) is 20.1 Å². The molecule has 4 nitrogen and oxygen atoms in total. The highest BCUT2D eigenvalue weighted by atomic mass is 32.2. The van der Waals surface area contributed by atoms with Gasteiger partial charge in [0, 0.05) is 20.1 Å². The Bertz CT molecular complexity index is 554. The molecule has 0 aromatic heterocycles. The van der Waals surface area contributed by atoms with Gasteiger partial charge in [0.25, 0.3) is 0 Å². The summed E-state index contributed by atoms with van der Waals surface area (Å²) in [5, 5.41) is 3.31. The lowest BCUT2D eigenvalue weighted by Gasteiger charge is -2.17. The second-order valence-corrected chi connectivity index (χ2v) is 8.12. The van der Waals surface area contributed by atoms with Crippen molar-refractivity contribution in [2.24, 2.45) is 11.8 Å². The topological polar surface area (TPSA) is 49.4 Å². The van der Waals surface area contributed by atoms with Gasteiger partial charge in [0.15, 0.2) is 0 Å². The lowest BCUT2D eigenvalue weighted by molar-refractivity contribution is 0.444. The Balaban J connectivity index is 1.99. The molecule has 21 heavy (non-hydrogen) atoms. The number of rotatable bonds is 8. The van der Waals surface area contributed by atoms with Gasteiger partial charge in [-0.15, -0.1) is 0 Å². The highest BCUT2D eigenvalue weighted by Crippen LogP contribution is 2.38. The van der Waals surface area contributed by atoms with Gasteiger partial charge in [-0.2, -0.15) is 0 Å². The molecule has 2 atom stereocenters. The van der Waals surface area contributed by atoms with Crippen LogP contribution in [0.15, 0.2) is 29.2 Å². The highest BCUT2D eigenvalue weighted by molar-refractivity contribution is 7.89. The molecule has 1 aromatic carbocycles. The maximum absolute atomic E-state index is 12.5. The van der Waals surface area contributed by atoms with E-state index in [1.165, 1.54) is 4.31 Å². The van der Waals surface area contributed by atoms with E-state index in [0.29, 0.717) is 23.3 Å². The lowest BCUT2D eigenvalue weighted by atomic mass is 10.2. The first-order valence-corrected chi connectivity index (χ1v) is 9.15. The van der Waals surface area contributed by atoms with Gasteiger partial charge in [0.1, 0.15) is 0 Å². The predicted molar refractivity (Wildman–Crippen MR) is 85.5 cm³/mol. The minimum absolute atomic E-state index is 0.387. The van der Waals surface area contributed by atoms with Crippen LogP contribution in [0.1, 0.15) is 32.3 Å². The van der Waals surface area contributed by atoms with Gasteiger partial charge < -0.3 is 5.32 Å². The van der Waals surface area contributed by atoms with Crippen molar-refractivity contribution in [3.8, 4) is 0 Å². The van der Waals surface area contributed by atoms with Crippen molar-refractivity contribution in [3.63, 3.8) is 0 Å². The smallest absolute Gasteiger partial charge is 0.242 e. The normalized spacial score (nSPS) is 21.7. The minimum Gasteiger partial charge on any atom is -0.313 e. The van der Waals surface area contributed by atoms with Crippen LogP contribution in [-0.2, 0) is 16.6 Å². The number of hydrogen-bond donors (Lipinski definition) is 1. The molecule has 1 saturated carbocycles. The van der Waals surface area contributed by atoms with E-state index in [1.54, 1.807) is 19.2 Å². The number of nitrogens with zero attached hydrogens (tertiary/aromatic N) is 1.